The molecule has 4 heterocycles. The number of carbonyl (C=O) groups is 1. The number of nitrogens with one attached hydrogen (secondary N) is 2. The van der Waals surface area contributed by atoms with E-state index in [1.54, 1.807) is 18.3 Å². The maximum absolute atomic E-state index is 14.7. The Bertz CT molecular complexity index is 1800. The number of rotatable bonds is 8. The molecule has 1 amide bonds. The monoisotopic (exact) mass is 594 g/mol. The summed E-state index contributed by atoms with van der Waals surface area (Å²) in [5.41, 5.74) is 1.83. The molecule has 13 heteroatoms. The zero-order valence-corrected chi connectivity index (χ0v) is 23.3. The number of nitrogens with zero attached hydrogens (tertiary/aromatic N) is 4. The molecule has 3 N–H and O–H groups in total. The number of fused-ring (bicyclic) bond motifs is 1. The van der Waals surface area contributed by atoms with Gasteiger partial charge < -0.3 is 20.6 Å². The van der Waals surface area contributed by atoms with Crippen LogP contribution < -0.4 is 15.5 Å². The first-order chi connectivity index (χ1) is 20.1. The summed E-state index contributed by atoms with van der Waals surface area (Å²) in [6.45, 7) is 1.67. The average molecular weight is 595 g/mol. The lowest BCUT2D eigenvalue weighted by Crippen LogP contribution is -2.52. The fraction of sp³-hybridized carbons (Fsp3) is 0.310. The Morgan fingerprint density at radius 1 is 1.05 bits per heavy atom. The smallest absolute Gasteiger partial charge is 0.251 e. The molecule has 6 rings (SSSR count). The van der Waals surface area contributed by atoms with Crippen molar-refractivity contribution in [3.8, 4) is 11.4 Å². The van der Waals surface area contributed by atoms with E-state index in [1.807, 2.05) is 6.07 Å². The summed E-state index contributed by atoms with van der Waals surface area (Å²) in [5.74, 6) is -2.00. The maximum atomic E-state index is 14.7. The molecule has 1 aliphatic heterocycles. The van der Waals surface area contributed by atoms with Crippen molar-refractivity contribution in [2.75, 3.05) is 36.9 Å². The minimum atomic E-state index is -3.95. The Morgan fingerprint density at radius 3 is 2.64 bits per heavy atom. The lowest BCUT2D eigenvalue weighted by molar-refractivity contribution is 0.0949. The molecule has 1 spiro atoms. The molecule has 1 saturated heterocycles. The third-order valence-electron chi connectivity index (χ3n) is 7.50. The predicted octanol–water partition coefficient (Wildman–Crippen LogP) is 2.61. The van der Waals surface area contributed by atoms with Gasteiger partial charge in [-0.15, -0.1) is 0 Å². The van der Waals surface area contributed by atoms with Crippen molar-refractivity contribution in [1.82, 2.24) is 25.6 Å². The molecule has 0 unspecified atom stereocenters. The van der Waals surface area contributed by atoms with E-state index >= 15 is 0 Å². The van der Waals surface area contributed by atoms with Crippen LogP contribution in [0.4, 0.5) is 14.6 Å². The fourth-order valence-corrected chi connectivity index (χ4v) is 6.17. The number of hydrogen-bond donors (Lipinski definition) is 3. The molecule has 4 aromatic rings. The van der Waals surface area contributed by atoms with Crippen molar-refractivity contribution in [2.24, 2.45) is 0 Å². The Morgan fingerprint density at radius 2 is 1.86 bits per heavy atom. The summed E-state index contributed by atoms with van der Waals surface area (Å²) in [6.07, 6.45) is 3.80. The van der Waals surface area contributed by atoms with Crippen LogP contribution in [0.3, 0.4) is 0 Å². The molecular formula is C29H28F2N6O4S. The van der Waals surface area contributed by atoms with E-state index in [0.717, 1.165) is 56.1 Å². The van der Waals surface area contributed by atoms with Crippen molar-refractivity contribution in [1.29, 1.82) is 0 Å². The summed E-state index contributed by atoms with van der Waals surface area (Å²) in [5, 5.41) is 15.9. The number of pyridine rings is 3. The molecule has 1 aliphatic carbocycles. The van der Waals surface area contributed by atoms with Crippen LogP contribution in [-0.4, -0.2) is 71.9 Å². The standard InChI is InChI=1S/C29H28F2N6O4S/c30-20-9-19(10-23(11-20)42(40,41)8-7-38)28(39)33-16-22-14-25-18(15-32-22)1-2-24(35-25)26-12-21(31)13-27(36-26)37-6-5-34-29(17-37)3-4-29/h1-2,9-15,34,38H,3-8,16-17H2,(H,33,39). The number of piperazine rings is 1. The van der Waals surface area contributed by atoms with Crippen LogP contribution in [0.25, 0.3) is 22.3 Å². The molecule has 3 aromatic heterocycles. The topological polar surface area (TPSA) is 137 Å². The molecule has 2 fully saturated rings. The SMILES string of the molecule is O=C(NCc1cc2nc(-c3cc(F)cc(N4CCNC5(CC5)C4)n3)ccc2cn1)c1cc(F)cc(S(=O)(=O)CCO)c1. The maximum Gasteiger partial charge on any atom is 0.251 e. The van der Waals surface area contributed by atoms with Crippen LogP contribution in [0.2, 0.25) is 0 Å². The van der Waals surface area contributed by atoms with Crippen LogP contribution in [0.1, 0.15) is 28.9 Å². The van der Waals surface area contributed by atoms with Gasteiger partial charge in [0.2, 0.25) is 0 Å². The third kappa shape index (κ3) is 5.94. The van der Waals surface area contributed by atoms with E-state index in [-0.39, 0.29) is 22.5 Å². The highest BCUT2D eigenvalue weighted by Crippen LogP contribution is 2.38. The summed E-state index contributed by atoms with van der Waals surface area (Å²) >= 11 is 0. The van der Waals surface area contributed by atoms with Crippen LogP contribution in [0, 0.1) is 11.6 Å². The Labute approximate surface area is 240 Å². The van der Waals surface area contributed by atoms with E-state index in [4.69, 9.17) is 10.1 Å². The van der Waals surface area contributed by atoms with Crippen molar-refractivity contribution in [3.05, 3.63) is 77.6 Å². The summed E-state index contributed by atoms with van der Waals surface area (Å²) in [6, 6.07) is 10.8. The van der Waals surface area contributed by atoms with Crippen molar-refractivity contribution >= 4 is 32.5 Å². The van der Waals surface area contributed by atoms with E-state index in [1.165, 1.54) is 12.1 Å². The number of benzene rings is 1. The molecule has 218 valence electrons. The normalized spacial score (nSPS) is 16.1. The van der Waals surface area contributed by atoms with E-state index in [2.05, 4.69) is 25.5 Å². The minimum Gasteiger partial charge on any atom is -0.395 e. The Hall–Kier alpha value is -4.07. The van der Waals surface area contributed by atoms with Gasteiger partial charge in [-0.05, 0) is 49.2 Å². The number of sulfone groups is 1. The highest BCUT2D eigenvalue weighted by atomic mass is 32.2. The molecule has 0 atom stereocenters. The number of carbonyl (C=O) groups excluding carboxylic acids is 1. The zero-order chi connectivity index (χ0) is 29.5. The second-order valence-corrected chi connectivity index (χ2v) is 12.7. The van der Waals surface area contributed by atoms with Gasteiger partial charge in [0.05, 0.1) is 46.4 Å². The van der Waals surface area contributed by atoms with E-state index in [9.17, 15) is 22.0 Å². The first-order valence-electron chi connectivity index (χ1n) is 13.5. The van der Waals surface area contributed by atoms with Gasteiger partial charge in [-0.2, -0.15) is 0 Å². The quantitative estimate of drug-likeness (QED) is 0.281. The first-order valence-corrected chi connectivity index (χ1v) is 15.1. The molecule has 42 heavy (non-hydrogen) atoms. The molecule has 1 aromatic carbocycles. The Kier molecular flexibility index (Phi) is 7.33. The van der Waals surface area contributed by atoms with Crippen molar-refractivity contribution < 1.29 is 27.1 Å². The highest BCUT2D eigenvalue weighted by Gasteiger charge is 2.45. The summed E-state index contributed by atoms with van der Waals surface area (Å²) in [7, 11) is -3.95. The second-order valence-electron chi connectivity index (χ2n) is 10.6. The number of anilines is 1. The Balaban J connectivity index is 1.21. The lowest BCUT2D eigenvalue weighted by Gasteiger charge is -2.35. The van der Waals surface area contributed by atoms with Crippen LogP contribution >= 0.6 is 0 Å². The number of aliphatic hydroxyl groups excluding tert-OH is 1. The van der Waals surface area contributed by atoms with Gasteiger partial charge in [-0.25, -0.2) is 27.2 Å². The number of hydrogen-bond acceptors (Lipinski definition) is 9. The number of aliphatic hydroxyl groups is 1. The van der Waals surface area contributed by atoms with Crippen LogP contribution in [-0.2, 0) is 16.4 Å². The van der Waals surface area contributed by atoms with Crippen molar-refractivity contribution in [3.63, 3.8) is 0 Å². The molecule has 0 radical (unpaired) electrons. The fourth-order valence-electron chi connectivity index (χ4n) is 5.10. The molecule has 2 aliphatic rings. The molecular weight excluding hydrogens is 566 g/mol. The van der Waals surface area contributed by atoms with Gasteiger partial charge in [0.25, 0.3) is 5.91 Å². The van der Waals surface area contributed by atoms with E-state index < -0.39 is 39.7 Å². The van der Waals surface area contributed by atoms with Crippen LogP contribution in [0.5, 0.6) is 0 Å². The summed E-state index contributed by atoms with van der Waals surface area (Å²) < 4.78 is 53.3. The van der Waals surface area contributed by atoms with Gasteiger partial charge in [0, 0.05) is 54.5 Å². The van der Waals surface area contributed by atoms with Gasteiger partial charge in [-0.3, -0.25) is 9.78 Å². The minimum absolute atomic E-state index is 0.0387. The highest BCUT2D eigenvalue weighted by molar-refractivity contribution is 7.91. The molecule has 10 nitrogen and oxygen atoms in total. The third-order valence-corrected chi connectivity index (χ3v) is 9.18. The van der Waals surface area contributed by atoms with Gasteiger partial charge >= 0.3 is 0 Å². The largest absolute Gasteiger partial charge is 0.395 e. The van der Waals surface area contributed by atoms with Gasteiger partial charge in [0.1, 0.15) is 17.5 Å². The predicted molar refractivity (Wildman–Crippen MR) is 152 cm³/mol. The van der Waals surface area contributed by atoms with Crippen molar-refractivity contribution in [2.45, 2.75) is 29.8 Å². The number of halogens is 2. The zero-order valence-electron chi connectivity index (χ0n) is 22.5. The van der Waals surface area contributed by atoms with Gasteiger partial charge in [-0.1, -0.05) is 0 Å². The second kappa shape index (κ2) is 11.0. The van der Waals surface area contributed by atoms with Crippen LogP contribution in [0.15, 0.2) is 59.6 Å². The lowest BCUT2D eigenvalue weighted by atomic mass is 10.1. The number of aromatic nitrogens is 3. The number of amides is 1. The average Bonchev–Trinajstić information content (AvgIpc) is 3.72. The summed E-state index contributed by atoms with van der Waals surface area (Å²) in [4.78, 5) is 28.2. The first kappa shape index (κ1) is 28.1. The molecule has 0 bridgehead atoms. The molecule has 1 saturated carbocycles. The van der Waals surface area contributed by atoms with E-state index in [0.29, 0.717) is 28.4 Å². The van der Waals surface area contributed by atoms with Gasteiger partial charge in [0.15, 0.2) is 9.84 Å².